The zero-order chi connectivity index (χ0) is 29.9. The maximum Gasteiger partial charge on any atom is 2.00 e. The van der Waals surface area contributed by atoms with Crippen molar-refractivity contribution < 1.29 is 39.0 Å². The minimum atomic E-state index is -0.822. The Kier molecular flexibility index (Phi) is 12.6. The molecule has 241 valence electrons. The number of carbonyl (C=O) groups is 1. The molecule has 2 heterocycles. The van der Waals surface area contributed by atoms with Crippen molar-refractivity contribution in [1.29, 1.82) is 0 Å². The molecule has 0 saturated carbocycles. The maximum absolute atomic E-state index is 14.4. The molecule has 0 unspecified atom stereocenters. The molecule has 3 aromatic carbocycles. The first-order chi connectivity index (χ1) is 20.5. The Bertz CT molecular complexity index is 1350. The number of rotatable bonds is 13. The normalized spacial score (nSPS) is 13.9. The van der Waals surface area contributed by atoms with Crippen molar-refractivity contribution in [3.05, 3.63) is 82.9 Å². The van der Waals surface area contributed by atoms with Crippen LogP contribution in [0.25, 0.3) is 0 Å². The summed E-state index contributed by atoms with van der Waals surface area (Å²) in [6.45, 7) is 16.0. The average molecular weight is 670 g/mol. The van der Waals surface area contributed by atoms with E-state index in [0.29, 0.717) is 26.2 Å². The third-order valence-electron chi connectivity index (χ3n) is 8.91. The SMILES string of the molecule is CCN(CC)c1ccc2c(c1)Oc1cc(N(CC)CC)ccc1C21c2ccccc2C(=O)N1CCN(CCN)CCN.[Cl-].[Cu+2]. The Morgan fingerprint density at radius 2 is 1.23 bits per heavy atom. The van der Waals surface area contributed by atoms with Crippen LogP contribution in [0.4, 0.5) is 11.4 Å². The summed E-state index contributed by atoms with van der Waals surface area (Å²) in [6, 6.07) is 21.0. The molecule has 5 rings (SSSR count). The number of ether oxygens (including phenoxy) is 1. The van der Waals surface area contributed by atoms with Gasteiger partial charge in [-0.25, -0.2) is 0 Å². The number of halogens is 1. The monoisotopic (exact) mass is 668 g/mol. The van der Waals surface area contributed by atoms with E-state index in [9.17, 15) is 4.79 Å². The number of hydrogen-bond acceptors (Lipinski definition) is 7. The summed E-state index contributed by atoms with van der Waals surface area (Å²) >= 11 is 0. The van der Waals surface area contributed by atoms with Gasteiger partial charge in [0, 0.05) is 106 Å². The second-order valence-electron chi connectivity index (χ2n) is 10.9. The van der Waals surface area contributed by atoms with Crippen LogP contribution in [0.1, 0.15) is 54.7 Å². The summed E-state index contributed by atoms with van der Waals surface area (Å²) in [4.78, 5) is 23.3. The van der Waals surface area contributed by atoms with E-state index in [-0.39, 0.29) is 35.4 Å². The molecule has 8 nitrogen and oxygen atoms in total. The Morgan fingerprint density at radius 1 is 0.727 bits per heavy atom. The van der Waals surface area contributed by atoms with E-state index in [1.807, 2.05) is 18.2 Å². The van der Waals surface area contributed by atoms with Crippen molar-refractivity contribution in [2.45, 2.75) is 33.2 Å². The number of nitrogens with zero attached hydrogens (tertiary/aromatic N) is 4. The largest absolute Gasteiger partial charge is 2.00 e. The number of benzene rings is 3. The molecule has 2 aliphatic heterocycles. The summed E-state index contributed by atoms with van der Waals surface area (Å²) in [5.74, 6) is 1.61. The fourth-order valence-electron chi connectivity index (χ4n) is 6.84. The molecule has 1 radical (unpaired) electrons. The van der Waals surface area contributed by atoms with E-state index in [1.165, 1.54) is 0 Å². The molecule has 4 N–H and O–H groups in total. The third-order valence-corrected chi connectivity index (χ3v) is 8.91. The molecule has 0 saturated heterocycles. The number of nitrogens with two attached hydrogens (primary N) is 2. The van der Waals surface area contributed by atoms with E-state index in [0.717, 1.165) is 84.4 Å². The average Bonchev–Trinajstić information content (AvgIpc) is 3.25. The van der Waals surface area contributed by atoms with Crippen LogP contribution in [0.5, 0.6) is 11.5 Å². The van der Waals surface area contributed by atoms with Gasteiger partial charge in [0.1, 0.15) is 17.0 Å². The van der Waals surface area contributed by atoms with Crippen LogP contribution in [-0.4, -0.2) is 81.2 Å². The second-order valence-corrected chi connectivity index (χ2v) is 10.9. The maximum atomic E-state index is 14.4. The zero-order valence-electron chi connectivity index (χ0n) is 26.3. The number of amides is 1. The van der Waals surface area contributed by atoms with Crippen molar-refractivity contribution in [3.8, 4) is 11.5 Å². The molecular weight excluding hydrogens is 623 g/mol. The van der Waals surface area contributed by atoms with Gasteiger partial charge in [-0.1, -0.05) is 30.3 Å². The Morgan fingerprint density at radius 3 is 1.70 bits per heavy atom. The van der Waals surface area contributed by atoms with E-state index in [1.54, 1.807) is 0 Å². The standard InChI is InChI=1S/C34H46N6O2.ClH.Cu/c1-5-38(6-2)25-13-15-29-31(23-25)42-32-24-26(39(7-3)8-4)14-16-30(32)34(29)28-12-10-9-11-27(28)33(41)40(34)22-21-37(19-17-35)20-18-36;;/h9-16,23-24H,5-8,17-22,35-36H2,1-4H3;1H;/q;;+2/p-1. The van der Waals surface area contributed by atoms with Crippen LogP contribution in [0, 0.1) is 0 Å². The molecule has 3 aromatic rings. The fraction of sp³-hybridized carbons (Fsp3) is 0.441. The molecule has 44 heavy (non-hydrogen) atoms. The molecule has 0 fully saturated rings. The van der Waals surface area contributed by atoms with Gasteiger partial charge >= 0.3 is 17.1 Å². The first-order valence-corrected chi connectivity index (χ1v) is 15.5. The number of carbonyl (C=O) groups excluding carboxylic acids is 1. The first-order valence-electron chi connectivity index (χ1n) is 15.5. The van der Waals surface area contributed by atoms with Crippen LogP contribution in [0.3, 0.4) is 0 Å². The number of hydrogen-bond donors (Lipinski definition) is 2. The summed E-state index contributed by atoms with van der Waals surface area (Å²) in [5, 5.41) is 0. The molecule has 0 atom stereocenters. The van der Waals surface area contributed by atoms with Gasteiger partial charge in [0.2, 0.25) is 0 Å². The molecule has 10 heteroatoms. The molecular formula is C34H46ClCuN6O2+. The summed E-state index contributed by atoms with van der Waals surface area (Å²) in [7, 11) is 0. The van der Waals surface area contributed by atoms with Gasteiger partial charge in [-0.05, 0) is 51.5 Å². The third kappa shape index (κ3) is 6.06. The van der Waals surface area contributed by atoms with E-state index in [2.05, 4.69) is 89.8 Å². The quantitative estimate of drug-likeness (QED) is 0.267. The molecule has 0 aromatic heterocycles. The fourth-order valence-corrected chi connectivity index (χ4v) is 6.84. The minimum absolute atomic E-state index is 0. The van der Waals surface area contributed by atoms with E-state index in [4.69, 9.17) is 16.2 Å². The molecule has 1 spiro atoms. The van der Waals surface area contributed by atoms with Crippen molar-refractivity contribution in [2.75, 3.05) is 75.2 Å². The van der Waals surface area contributed by atoms with Crippen LogP contribution < -0.4 is 38.4 Å². The van der Waals surface area contributed by atoms with Gasteiger partial charge in [-0.2, -0.15) is 0 Å². The molecule has 2 aliphatic rings. The number of anilines is 2. The van der Waals surface area contributed by atoms with Gasteiger partial charge < -0.3 is 43.3 Å². The van der Waals surface area contributed by atoms with Gasteiger partial charge in [0.15, 0.2) is 0 Å². The van der Waals surface area contributed by atoms with Gasteiger partial charge in [0.05, 0.1) is 0 Å². The Labute approximate surface area is 279 Å². The van der Waals surface area contributed by atoms with Crippen molar-refractivity contribution >= 4 is 17.3 Å². The zero-order valence-corrected chi connectivity index (χ0v) is 28.0. The van der Waals surface area contributed by atoms with Crippen LogP contribution >= 0.6 is 0 Å². The summed E-state index contributed by atoms with van der Waals surface area (Å²) in [5.41, 5.74) is 17.0. The summed E-state index contributed by atoms with van der Waals surface area (Å²) in [6.07, 6.45) is 0. The predicted octanol–water partition coefficient (Wildman–Crippen LogP) is 1.45. The smallest absolute Gasteiger partial charge is 1.00 e. The minimum Gasteiger partial charge on any atom is -1.00 e. The summed E-state index contributed by atoms with van der Waals surface area (Å²) < 4.78 is 6.79. The molecule has 1 amide bonds. The van der Waals surface area contributed by atoms with Crippen LogP contribution in [-0.2, 0) is 22.6 Å². The number of fused-ring (bicyclic) bond motifs is 6. The van der Waals surface area contributed by atoms with Crippen molar-refractivity contribution in [1.82, 2.24) is 9.80 Å². The molecule has 0 aliphatic carbocycles. The van der Waals surface area contributed by atoms with Gasteiger partial charge in [-0.15, -0.1) is 0 Å². The first kappa shape index (κ1) is 35.7. The van der Waals surface area contributed by atoms with Crippen molar-refractivity contribution in [2.24, 2.45) is 11.5 Å². The van der Waals surface area contributed by atoms with E-state index < -0.39 is 5.54 Å². The van der Waals surface area contributed by atoms with Crippen LogP contribution in [0.2, 0.25) is 0 Å². The molecule has 0 bridgehead atoms. The Hall–Kier alpha value is -2.78. The predicted molar refractivity (Wildman–Crippen MR) is 172 cm³/mol. The van der Waals surface area contributed by atoms with Crippen molar-refractivity contribution in [3.63, 3.8) is 0 Å². The van der Waals surface area contributed by atoms with E-state index >= 15 is 0 Å². The van der Waals surface area contributed by atoms with Gasteiger partial charge in [0.25, 0.3) is 5.91 Å². The Balaban J connectivity index is 0.00000264. The topological polar surface area (TPSA) is 91.3 Å². The van der Waals surface area contributed by atoms with Gasteiger partial charge in [-0.3, -0.25) is 9.69 Å². The second kappa shape index (κ2) is 15.5. The van der Waals surface area contributed by atoms with Crippen LogP contribution in [0.15, 0.2) is 60.7 Å².